The molecule has 0 fully saturated rings. The van der Waals surface area contributed by atoms with Gasteiger partial charge in [-0.05, 0) is 36.4 Å². The Morgan fingerprint density at radius 1 is 0.792 bits per heavy atom. The summed E-state index contributed by atoms with van der Waals surface area (Å²) in [4.78, 5) is 21.7. The van der Waals surface area contributed by atoms with Crippen LogP contribution in [-0.4, -0.2) is 26.6 Å². The van der Waals surface area contributed by atoms with Crippen LogP contribution in [0.25, 0.3) is 0 Å². The van der Waals surface area contributed by atoms with Gasteiger partial charge in [0, 0.05) is 18.6 Å². The Morgan fingerprint density at radius 2 is 1.42 bits per heavy atom. The molecule has 6 heteroatoms. The van der Waals surface area contributed by atoms with E-state index in [0.29, 0.717) is 29.6 Å². The smallest absolute Gasteiger partial charge is 0.176 e. The molecule has 0 amide bonds. The molecule has 3 aromatic heterocycles. The summed E-state index contributed by atoms with van der Waals surface area (Å²) in [5, 5.41) is 0. The Bertz CT molecular complexity index is 829. The molecular weight excluding hydrogens is 300 g/mol. The van der Waals surface area contributed by atoms with Crippen LogP contribution < -0.4 is 5.73 Å². The van der Waals surface area contributed by atoms with Crippen LogP contribution in [-0.2, 0) is 6.54 Å². The van der Waals surface area contributed by atoms with Gasteiger partial charge in [0.15, 0.2) is 11.7 Å². The highest BCUT2D eigenvalue weighted by molar-refractivity contribution is 6.09. The summed E-state index contributed by atoms with van der Waals surface area (Å²) in [6.45, 7) is 0.395. The van der Waals surface area contributed by atoms with Crippen LogP contribution in [0.4, 0.5) is 0 Å². The lowest BCUT2D eigenvalue weighted by molar-refractivity contribution is 0.983. The van der Waals surface area contributed by atoms with Gasteiger partial charge in [-0.2, -0.15) is 0 Å². The average Bonchev–Trinajstić information content (AvgIpc) is 2.67. The lowest BCUT2D eigenvalue weighted by atomic mass is 10.3. The molecule has 0 unspecified atom stereocenters. The van der Waals surface area contributed by atoms with Crippen LogP contribution in [0, 0.1) is 0 Å². The molecule has 6 nitrogen and oxygen atoms in total. The van der Waals surface area contributed by atoms with Gasteiger partial charge < -0.3 is 5.73 Å². The van der Waals surface area contributed by atoms with Crippen molar-refractivity contribution in [1.82, 2.24) is 15.0 Å². The standard InChI is InChI=1S/C18H16N6/c19-17(15-8-2-5-11-21-15)24-18(16-9-3-6-12-22-16)23-13-14-7-1-4-10-20-14/h1-12H,13H2,(H2,19,23,24). The van der Waals surface area contributed by atoms with Crippen LogP contribution in [0.5, 0.6) is 0 Å². The monoisotopic (exact) mass is 316 g/mol. The molecule has 0 spiro atoms. The van der Waals surface area contributed by atoms with Gasteiger partial charge in [-0.3, -0.25) is 19.9 Å². The van der Waals surface area contributed by atoms with Gasteiger partial charge in [-0.25, -0.2) is 4.99 Å². The second kappa shape index (κ2) is 7.73. The molecule has 0 aliphatic heterocycles. The minimum atomic E-state index is 0.293. The number of nitrogens with two attached hydrogens (primary N) is 1. The molecule has 0 atom stereocenters. The van der Waals surface area contributed by atoms with Crippen molar-refractivity contribution in [3.8, 4) is 0 Å². The van der Waals surface area contributed by atoms with Crippen LogP contribution in [0.2, 0.25) is 0 Å². The van der Waals surface area contributed by atoms with E-state index >= 15 is 0 Å². The third-order valence-electron chi connectivity index (χ3n) is 3.16. The highest BCUT2D eigenvalue weighted by Gasteiger charge is 2.07. The summed E-state index contributed by atoms with van der Waals surface area (Å²) in [6, 6.07) is 16.7. The van der Waals surface area contributed by atoms with E-state index < -0.39 is 0 Å². The lowest BCUT2D eigenvalue weighted by Crippen LogP contribution is -2.18. The maximum atomic E-state index is 6.07. The van der Waals surface area contributed by atoms with Crippen molar-refractivity contribution in [2.75, 3.05) is 0 Å². The predicted molar refractivity (Wildman–Crippen MR) is 93.7 cm³/mol. The fourth-order valence-corrected chi connectivity index (χ4v) is 2.00. The normalized spacial score (nSPS) is 12.2. The van der Waals surface area contributed by atoms with E-state index in [9.17, 15) is 0 Å². The second-order valence-corrected chi connectivity index (χ2v) is 4.89. The van der Waals surface area contributed by atoms with E-state index in [1.165, 1.54) is 0 Å². The second-order valence-electron chi connectivity index (χ2n) is 4.89. The number of nitrogens with zero attached hydrogens (tertiary/aromatic N) is 5. The van der Waals surface area contributed by atoms with E-state index in [2.05, 4.69) is 24.9 Å². The molecular formula is C18H16N6. The van der Waals surface area contributed by atoms with Gasteiger partial charge in [-0.1, -0.05) is 18.2 Å². The van der Waals surface area contributed by atoms with Crippen molar-refractivity contribution < 1.29 is 0 Å². The number of rotatable bonds is 4. The molecule has 3 heterocycles. The van der Waals surface area contributed by atoms with E-state index in [0.717, 1.165) is 5.69 Å². The number of aliphatic imine (C=N–C) groups is 2. The zero-order chi connectivity index (χ0) is 16.6. The molecule has 0 saturated carbocycles. The molecule has 118 valence electrons. The van der Waals surface area contributed by atoms with Crippen molar-refractivity contribution in [2.24, 2.45) is 15.7 Å². The number of aromatic nitrogens is 3. The molecule has 24 heavy (non-hydrogen) atoms. The SMILES string of the molecule is NC(=NC(=NCc1ccccn1)c1ccccn1)c1ccccn1. The summed E-state index contributed by atoms with van der Waals surface area (Å²) < 4.78 is 0. The molecule has 0 aromatic carbocycles. The molecule has 0 aliphatic rings. The third kappa shape index (κ3) is 4.07. The zero-order valence-corrected chi connectivity index (χ0v) is 12.9. The Labute approximate surface area is 139 Å². The number of amidine groups is 2. The first kappa shape index (κ1) is 15.5. The Morgan fingerprint density at radius 3 is 2.00 bits per heavy atom. The van der Waals surface area contributed by atoms with Gasteiger partial charge in [-0.15, -0.1) is 0 Å². The third-order valence-corrected chi connectivity index (χ3v) is 3.16. The van der Waals surface area contributed by atoms with Crippen molar-refractivity contribution in [3.63, 3.8) is 0 Å². The summed E-state index contributed by atoms with van der Waals surface area (Å²) in [6.07, 6.45) is 5.10. The molecule has 3 rings (SSSR count). The van der Waals surface area contributed by atoms with Crippen molar-refractivity contribution in [2.45, 2.75) is 6.54 Å². The summed E-state index contributed by atoms with van der Waals surface area (Å²) in [5.41, 5.74) is 8.15. The maximum absolute atomic E-state index is 6.07. The summed E-state index contributed by atoms with van der Waals surface area (Å²) in [5.74, 6) is 0.741. The summed E-state index contributed by atoms with van der Waals surface area (Å²) >= 11 is 0. The van der Waals surface area contributed by atoms with Gasteiger partial charge in [0.25, 0.3) is 0 Å². The van der Waals surface area contributed by atoms with Crippen molar-refractivity contribution in [3.05, 3.63) is 90.3 Å². The highest BCUT2D eigenvalue weighted by atomic mass is 15.0. The Kier molecular flexibility index (Phi) is 4.99. The van der Waals surface area contributed by atoms with Gasteiger partial charge in [0.05, 0.1) is 12.2 Å². The molecule has 3 aromatic rings. The van der Waals surface area contributed by atoms with E-state index in [1.807, 2.05) is 48.5 Å². The fourth-order valence-electron chi connectivity index (χ4n) is 2.00. The van der Waals surface area contributed by atoms with E-state index in [4.69, 9.17) is 5.73 Å². The molecule has 0 aliphatic carbocycles. The molecule has 2 N–H and O–H groups in total. The first-order valence-electron chi connectivity index (χ1n) is 7.44. The Balaban J connectivity index is 1.94. The van der Waals surface area contributed by atoms with E-state index in [-0.39, 0.29) is 0 Å². The number of hydrogen-bond donors (Lipinski definition) is 1. The quantitative estimate of drug-likeness (QED) is 0.590. The van der Waals surface area contributed by atoms with Gasteiger partial charge in [0.2, 0.25) is 0 Å². The first-order chi connectivity index (χ1) is 11.8. The number of pyridine rings is 3. The van der Waals surface area contributed by atoms with E-state index in [1.54, 1.807) is 24.7 Å². The minimum Gasteiger partial charge on any atom is -0.382 e. The van der Waals surface area contributed by atoms with Crippen LogP contribution in [0.1, 0.15) is 17.1 Å². The lowest BCUT2D eigenvalue weighted by Gasteiger charge is -2.04. The molecule has 0 radical (unpaired) electrons. The summed E-state index contributed by atoms with van der Waals surface area (Å²) in [7, 11) is 0. The minimum absolute atomic E-state index is 0.293. The average molecular weight is 316 g/mol. The zero-order valence-electron chi connectivity index (χ0n) is 12.9. The van der Waals surface area contributed by atoms with Gasteiger partial charge in [0.1, 0.15) is 11.4 Å². The van der Waals surface area contributed by atoms with Crippen LogP contribution in [0.3, 0.4) is 0 Å². The Hall–Kier alpha value is -3.41. The van der Waals surface area contributed by atoms with Crippen molar-refractivity contribution in [1.29, 1.82) is 0 Å². The van der Waals surface area contributed by atoms with Crippen LogP contribution in [0.15, 0.2) is 83.2 Å². The van der Waals surface area contributed by atoms with Crippen LogP contribution >= 0.6 is 0 Å². The molecule has 0 bridgehead atoms. The van der Waals surface area contributed by atoms with Crippen molar-refractivity contribution >= 4 is 11.7 Å². The molecule has 0 saturated heterocycles. The predicted octanol–water partition coefficient (Wildman–Crippen LogP) is 2.22. The highest BCUT2D eigenvalue weighted by Crippen LogP contribution is 2.04. The maximum Gasteiger partial charge on any atom is 0.176 e. The fraction of sp³-hybridized carbons (Fsp3) is 0.0556. The largest absolute Gasteiger partial charge is 0.382 e. The number of hydrogen-bond acceptors (Lipinski definition) is 4. The van der Waals surface area contributed by atoms with Gasteiger partial charge >= 0.3 is 0 Å². The first-order valence-corrected chi connectivity index (χ1v) is 7.44. The topological polar surface area (TPSA) is 89.4 Å².